The Morgan fingerprint density at radius 3 is 2.32 bits per heavy atom. The summed E-state index contributed by atoms with van der Waals surface area (Å²) < 4.78 is 30.2. The van der Waals surface area contributed by atoms with E-state index in [1.54, 1.807) is 18.2 Å². The van der Waals surface area contributed by atoms with Crippen LogP contribution in [0.5, 0.6) is 0 Å². The lowest BCUT2D eigenvalue weighted by Gasteiger charge is -2.23. The number of carbonyl (C=O) groups excluding carboxylic acids is 2. The van der Waals surface area contributed by atoms with Crippen molar-refractivity contribution < 1.29 is 22.7 Å². The first-order valence-electron chi connectivity index (χ1n) is 7.99. The van der Waals surface area contributed by atoms with Crippen LogP contribution in [0.25, 0.3) is 0 Å². The van der Waals surface area contributed by atoms with Crippen LogP contribution >= 0.6 is 23.2 Å². The molecule has 0 heterocycles. The highest BCUT2D eigenvalue weighted by atomic mass is 35.5. The number of benzene rings is 2. The van der Waals surface area contributed by atoms with E-state index in [9.17, 15) is 18.0 Å². The Labute approximate surface area is 173 Å². The quantitative estimate of drug-likeness (QED) is 0.662. The summed E-state index contributed by atoms with van der Waals surface area (Å²) in [6.45, 7) is -0.286. The van der Waals surface area contributed by atoms with Gasteiger partial charge in [0.25, 0.3) is 5.91 Å². The average molecular weight is 445 g/mol. The number of rotatable bonds is 7. The normalized spacial score (nSPS) is 11.0. The van der Waals surface area contributed by atoms with Crippen molar-refractivity contribution in [2.75, 3.05) is 24.2 Å². The number of carbonyl (C=O) groups is 2. The summed E-state index contributed by atoms with van der Waals surface area (Å²) >= 11 is 12.2. The van der Waals surface area contributed by atoms with Crippen LogP contribution in [-0.4, -0.2) is 40.2 Å². The predicted octanol–water partition coefficient (Wildman–Crippen LogP) is 2.86. The molecule has 0 unspecified atom stereocenters. The number of hydrogen-bond donors (Lipinski definition) is 1. The van der Waals surface area contributed by atoms with Crippen molar-refractivity contribution in [1.82, 2.24) is 5.32 Å². The van der Waals surface area contributed by atoms with Crippen LogP contribution < -0.4 is 9.62 Å². The minimum Gasteiger partial charge on any atom is -0.468 e. The molecule has 0 atom stereocenters. The molecule has 1 amide bonds. The van der Waals surface area contributed by atoms with Crippen LogP contribution in [0, 0.1) is 0 Å². The molecule has 0 aromatic heterocycles. The number of methoxy groups -OCH3 is 1. The van der Waals surface area contributed by atoms with Gasteiger partial charge >= 0.3 is 5.97 Å². The molecule has 0 aliphatic rings. The van der Waals surface area contributed by atoms with E-state index in [0.29, 0.717) is 16.3 Å². The van der Waals surface area contributed by atoms with Gasteiger partial charge in [0, 0.05) is 5.56 Å². The van der Waals surface area contributed by atoms with Crippen molar-refractivity contribution in [3.05, 3.63) is 63.6 Å². The lowest BCUT2D eigenvalue weighted by molar-refractivity contribution is -0.139. The van der Waals surface area contributed by atoms with Gasteiger partial charge in [-0.1, -0.05) is 35.3 Å². The first-order valence-corrected chi connectivity index (χ1v) is 10.6. The maximum atomic E-state index is 12.3. The monoisotopic (exact) mass is 444 g/mol. The molecule has 2 rings (SSSR count). The molecule has 28 heavy (non-hydrogen) atoms. The van der Waals surface area contributed by atoms with Crippen molar-refractivity contribution in [2.24, 2.45) is 0 Å². The first-order chi connectivity index (χ1) is 13.1. The summed E-state index contributed by atoms with van der Waals surface area (Å²) in [5.74, 6) is -1.06. The molecule has 2 aromatic carbocycles. The van der Waals surface area contributed by atoms with Gasteiger partial charge in [-0.05, 0) is 35.9 Å². The average Bonchev–Trinajstić information content (AvgIpc) is 2.66. The molecule has 0 fully saturated rings. The fourth-order valence-corrected chi connectivity index (χ4v) is 3.59. The third-order valence-corrected chi connectivity index (χ3v) is 5.78. The molecule has 0 radical (unpaired) electrons. The van der Waals surface area contributed by atoms with Crippen molar-refractivity contribution in [1.29, 1.82) is 0 Å². The Kier molecular flexibility index (Phi) is 7.29. The molecule has 0 saturated heterocycles. The highest BCUT2D eigenvalue weighted by Gasteiger charge is 2.20. The molecule has 0 saturated carbocycles. The maximum absolute atomic E-state index is 12.3. The molecule has 1 N–H and O–H groups in total. The Balaban J connectivity index is 2.25. The van der Waals surface area contributed by atoms with Crippen LogP contribution in [0.4, 0.5) is 5.69 Å². The van der Waals surface area contributed by atoms with Gasteiger partial charge in [0.15, 0.2) is 0 Å². The lowest BCUT2D eigenvalue weighted by Crippen LogP contribution is -2.31. The van der Waals surface area contributed by atoms with Crippen LogP contribution in [0.3, 0.4) is 0 Å². The Morgan fingerprint density at radius 1 is 1.11 bits per heavy atom. The molecule has 10 heteroatoms. The summed E-state index contributed by atoms with van der Waals surface area (Å²) in [6, 6.07) is 10.9. The first kappa shape index (κ1) is 22.0. The molecular formula is C18H18Cl2N2O5S. The van der Waals surface area contributed by atoms with Crippen molar-refractivity contribution in [3.8, 4) is 0 Å². The molecule has 150 valence electrons. The van der Waals surface area contributed by atoms with Gasteiger partial charge in [0.2, 0.25) is 10.0 Å². The van der Waals surface area contributed by atoms with Gasteiger partial charge in [-0.2, -0.15) is 0 Å². The number of nitrogens with zero attached hydrogens (tertiary/aromatic N) is 1. The summed E-state index contributed by atoms with van der Waals surface area (Å²) in [4.78, 5) is 23.1. The van der Waals surface area contributed by atoms with E-state index in [1.165, 1.54) is 31.4 Å². The molecular weight excluding hydrogens is 427 g/mol. The van der Waals surface area contributed by atoms with Crippen LogP contribution in [0.1, 0.15) is 15.9 Å². The van der Waals surface area contributed by atoms with E-state index >= 15 is 0 Å². The Hall–Kier alpha value is -2.29. The largest absolute Gasteiger partial charge is 0.468 e. The van der Waals surface area contributed by atoms with Crippen LogP contribution in [-0.2, 0) is 26.1 Å². The van der Waals surface area contributed by atoms with E-state index < -0.39 is 21.9 Å². The topological polar surface area (TPSA) is 92.8 Å². The highest BCUT2D eigenvalue weighted by Crippen LogP contribution is 2.29. The number of amides is 1. The molecule has 0 spiro atoms. The fourth-order valence-electron chi connectivity index (χ4n) is 2.33. The number of halogens is 2. The van der Waals surface area contributed by atoms with E-state index in [2.05, 4.69) is 10.1 Å². The third-order valence-electron chi connectivity index (χ3n) is 3.78. The maximum Gasteiger partial charge on any atom is 0.325 e. The zero-order chi connectivity index (χ0) is 20.9. The van der Waals surface area contributed by atoms with Gasteiger partial charge in [0.05, 0.1) is 35.6 Å². The fraction of sp³-hybridized carbons (Fsp3) is 0.222. The van der Waals surface area contributed by atoms with Gasteiger partial charge in [0.1, 0.15) is 6.54 Å². The van der Waals surface area contributed by atoms with Crippen molar-refractivity contribution in [3.63, 3.8) is 0 Å². The number of esters is 1. The molecule has 0 bridgehead atoms. The van der Waals surface area contributed by atoms with E-state index in [1.807, 2.05) is 0 Å². The molecule has 2 aromatic rings. The van der Waals surface area contributed by atoms with E-state index in [0.717, 1.165) is 10.6 Å². The van der Waals surface area contributed by atoms with Gasteiger partial charge in [-0.15, -0.1) is 0 Å². The smallest absolute Gasteiger partial charge is 0.325 e. The molecule has 0 aliphatic heterocycles. The SMILES string of the molecule is COC(=O)CNC(=O)c1ccc(N(Cc2cccc(Cl)c2Cl)S(C)(=O)=O)cc1. The second-order valence-corrected chi connectivity index (χ2v) is 8.48. The zero-order valence-electron chi connectivity index (χ0n) is 15.1. The zero-order valence-corrected chi connectivity index (χ0v) is 17.4. The van der Waals surface area contributed by atoms with E-state index in [4.69, 9.17) is 23.2 Å². The van der Waals surface area contributed by atoms with Crippen molar-refractivity contribution >= 4 is 50.8 Å². The molecule has 0 aliphatic carbocycles. The lowest BCUT2D eigenvalue weighted by atomic mass is 10.1. The summed E-state index contributed by atoms with van der Waals surface area (Å²) in [7, 11) is -2.42. The van der Waals surface area contributed by atoms with Crippen LogP contribution in [0.15, 0.2) is 42.5 Å². The number of hydrogen-bond acceptors (Lipinski definition) is 5. The van der Waals surface area contributed by atoms with E-state index in [-0.39, 0.29) is 23.7 Å². The number of nitrogens with one attached hydrogen (secondary N) is 1. The summed E-state index contributed by atoms with van der Waals surface area (Å²) in [6.07, 6.45) is 1.07. The Bertz CT molecular complexity index is 978. The number of sulfonamides is 1. The van der Waals surface area contributed by atoms with Gasteiger partial charge in [-0.25, -0.2) is 8.42 Å². The minimum absolute atomic E-state index is 0.0217. The second kappa shape index (κ2) is 9.27. The minimum atomic E-state index is -3.63. The summed E-state index contributed by atoms with van der Waals surface area (Å²) in [5.41, 5.74) is 1.16. The van der Waals surface area contributed by atoms with Gasteiger partial charge in [-0.3, -0.25) is 13.9 Å². The number of ether oxygens (including phenoxy) is 1. The third kappa shape index (κ3) is 5.60. The van der Waals surface area contributed by atoms with Gasteiger partial charge < -0.3 is 10.1 Å². The number of anilines is 1. The predicted molar refractivity (Wildman–Crippen MR) is 108 cm³/mol. The highest BCUT2D eigenvalue weighted by molar-refractivity contribution is 7.92. The van der Waals surface area contributed by atoms with Crippen LogP contribution in [0.2, 0.25) is 10.0 Å². The van der Waals surface area contributed by atoms with Crippen molar-refractivity contribution in [2.45, 2.75) is 6.54 Å². The second-order valence-electron chi connectivity index (χ2n) is 5.79. The summed E-state index contributed by atoms with van der Waals surface area (Å²) in [5, 5.41) is 3.00. The standard InChI is InChI=1S/C18H18Cl2N2O5S/c1-27-16(23)10-21-18(24)12-6-8-14(9-7-12)22(28(2,25)26)11-13-4-3-5-15(19)17(13)20/h3-9H,10-11H2,1-2H3,(H,21,24). The molecule has 7 nitrogen and oxygen atoms in total. The Morgan fingerprint density at radius 2 is 1.75 bits per heavy atom.